The van der Waals surface area contributed by atoms with E-state index in [1.54, 1.807) is 11.1 Å². The summed E-state index contributed by atoms with van der Waals surface area (Å²) in [7, 11) is 0. The van der Waals surface area contributed by atoms with Gasteiger partial charge in [0.2, 0.25) is 0 Å². The number of hydrogen-bond donors (Lipinski definition) is 1. The van der Waals surface area contributed by atoms with Crippen molar-refractivity contribution in [2.24, 2.45) is 0 Å². The molecule has 0 aromatic carbocycles. The van der Waals surface area contributed by atoms with Gasteiger partial charge in [-0.3, -0.25) is 4.90 Å². The maximum absolute atomic E-state index is 11.9. The van der Waals surface area contributed by atoms with Gasteiger partial charge in [-0.2, -0.15) is 4.37 Å². The fourth-order valence-electron chi connectivity index (χ4n) is 1.46. The van der Waals surface area contributed by atoms with Gasteiger partial charge in [-0.1, -0.05) is 0 Å². The number of aromatic nitrogens is 1. The van der Waals surface area contributed by atoms with Gasteiger partial charge in [0, 0.05) is 13.1 Å². The topological polar surface area (TPSA) is 54.5 Å². The van der Waals surface area contributed by atoms with Gasteiger partial charge in [-0.05, 0) is 32.3 Å². The van der Waals surface area contributed by atoms with Crippen molar-refractivity contribution in [1.82, 2.24) is 4.37 Å². The van der Waals surface area contributed by atoms with Crippen LogP contribution in [0, 0.1) is 0 Å². The van der Waals surface area contributed by atoms with Crippen LogP contribution >= 0.6 is 11.5 Å². The molecular formula is C10H15N3O2S. The number of hydrogen-bond acceptors (Lipinski definition) is 5. The summed E-state index contributed by atoms with van der Waals surface area (Å²) in [4.78, 5) is 13.6. The first-order chi connectivity index (χ1) is 7.47. The first-order valence-electron chi connectivity index (χ1n) is 5.16. The van der Waals surface area contributed by atoms with Gasteiger partial charge in [0.05, 0.1) is 6.20 Å². The number of fused-ring (bicyclic) bond motifs is 1. The first kappa shape index (κ1) is 11.2. The van der Waals surface area contributed by atoms with Crippen molar-refractivity contribution >= 4 is 28.3 Å². The highest BCUT2D eigenvalue weighted by Crippen LogP contribution is 2.32. The molecule has 2 rings (SSSR count). The van der Waals surface area contributed by atoms with E-state index in [0.717, 1.165) is 17.2 Å². The first-order valence-corrected chi connectivity index (χ1v) is 5.94. The molecule has 0 saturated heterocycles. The molecule has 0 atom stereocenters. The second-order valence-electron chi connectivity index (χ2n) is 4.60. The minimum absolute atomic E-state index is 0.310. The molecule has 1 aliphatic heterocycles. The van der Waals surface area contributed by atoms with Crippen LogP contribution in [0.1, 0.15) is 20.8 Å². The molecule has 2 heterocycles. The average Bonchev–Trinajstić information content (AvgIpc) is 2.61. The van der Waals surface area contributed by atoms with Crippen molar-refractivity contribution < 1.29 is 9.53 Å². The highest BCUT2D eigenvalue weighted by atomic mass is 32.1. The van der Waals surface area contributed by atoms with E-state index in [2.05, 4.69) is 9.69 Å². The van der Waals surface area contributed by atoms with Gasteiger partial charge in [0.15, 0.2) is 0 Å². The van der Waals surface area contributed by atoms with Gasteiger partial charge in [0.25, 0.3) is 0 Å². The van der Waals surface area contributed by atoms with Crippen LogP contribution in [0.3, 0.4) is 0 Å². The van der Waals surface area contributed by atoms with E-state index in [4.69, 9.17) is 4.74 Å². The molecule has 1 amide bonds. The minimum Gasteiger partial charge on any atom is -0.443 e. The maximum Gasteiger partial charge on any atom is 0.415 e. The lowest BCUT2D eigenvalue weighted by Gasteiger charge is -2.29. The summed E-state index contributed by atoms with van der Waals surface area (Å²) in [6, 6.07) is 0. The van der Waals surface area contributed by atoms with Crippen LogP contribution in [0.25, 0.3) is 0 Å². The lowest BCUT2D eigenvalue weighted by atomic mass is 10.2. The Bertz CT molecular complexity index is 397. The zero-order valence-electron chi connectivity index (χ0n) is 9.61. The fourth-order valence-corrected chi connectivity index (χ4v) is 2.14. The summed E-state index contributed by atoms with van der Waals surface area (Å²) in [5, 5.41) is 4.12. The molecule has 0 radical (unpaired) electrons. The molecular weight excluding hydrogens is 226 g/mol. The van der Waals surface area contributed by atoms with E-state index in [0.29, 0.717) is 6.54 Å². The Morgan fingerprint density at radius 1 is 1.62 bits per heavy atom. The third kappa shape index (κ3) is 2.27. The van der Waals surface area contributed by atoms with Crippen LogP contribution in [0.4, 0.5) is 15.5 Å². The zero-order chi connectivity index (χ0) is 11.8. The number of amides is 1. The van der Waals surface area contributed by atoms with E-state index in [9.17, 15) is 4.79 Å². The third-order valence-electron chi connectivity index (χ3n) is 2.08. The summed E-state index contributed by atoms with van der Waals surface area (Å²) in [6.07, 6.45) is 1.38. The number of carbonyl (C=O) groups is 1. The Morgan fingerprint density at radius 3 is 3.06 bits per heavy atom. The van der Waals surface area contributed by atoms with Crippen LogP contribution in [0.2, 0.25) is 0 Å². The van der Waals surface area contributed by atoms with Crippen LogP contribution in [0.5, 0.6) is 0 Å². The Labute approximate surface area is 98.6 Å². The molecule has 16 heavy (non-hydrogen) atoms. The number of nitrogens with one attached hydrogen (secondary N) is 1. The van der Waals surface area contributed by atoms with Crippen molar-refractivity contribution in [3.05, 3.63) is 6.20 Å². The maximum atomic E-state index is 11.9. The SMILES string of the molecule is CC(C)(C)OC(=O)N1CCNc2sncc21. The second kappa shape index (κ2) is 3.93. The molecule has 0 saturated carbocycles. The summed E-state index contributed by atoms with van der Waals surface area (Å²) in [5.41, 5.74) is 0.344. The minimum atomic E-state index is -0.467. The van der Waals surface area contributed by atoms with Crippen molar-refractivity contribution in [3.8, 4) is 0 Å². The molecule has 1 N–H and O–H groups in total. The number of carbonyl (C=O) groups excluding carboxylic acids is 1. The number of rotatable bonds is 0. The summed E-state index contributed by atoms with van der Waals surface area (Å²) in [5.74, 6) is 0. The molecule has 1 aromatic heterocycles. The van der Waals surface area contributed by atoms with Crippen molar-refractivity contribution in [3.63, 3.8) is 0 Å². The molecule has 1 aromatic rings. The highest BCUT2D eigenvalue weighted by molar-refractivity contribution is 7.10. The van der Waals surface area contributed by atoms with Crippen molar-refractivity contribution in [1.29, 1.82) is 0 Å². The summed E-state index contributed by atoms with van der Waals surface area (Å²) in [6.45, 7) is 6.92. The van der Waals surface area contributed by atoms with Crippen LogP contribution < -0.4 is 10.2 Å². The van der Waals surface area contributed by atoms with Crippen LogP contribution in [-0.4, -0.2) is 29.2 Å². The molecule has 0 bridgehead atoms. The number of ether oxygens (including phenoxy) is 1. The van der Waals surface area contributed by atoms with E-state index in [-0.39, 0.29) is 6.09 Å². The molecule has 1 aliphatic rings. The van der Waals surface area contributed by atoms with E-state index >= 15 is 0 Å². The van der Waals surface area contributed by atoms with E-state index < -0.39 is 5.60 Å². The summed E-state index contributed by atoms with van der Waals surface area (Å²) >= 11 is 1.35. The Balaban J connectivity index is 2.15. The largest absolute Gasteiger partial charge is 0.443 e. The lowest BCUT2D eigenvalue weighted by Crippen LogP contribution is -2.41. The predicted octanol–water partition coefficient (Wildman–Crippen LogP) is 2.31. The normalized spacial score (nSPS) is 15.3. The predicted molar refractivity (Wildman–Crippen MR) is 64.2 cm³/mol. The fraction of sp³-hybridized carbons (Fsp3) is 0.600. The number of nitrogens with zero attached hydrogens (tertiary/aromatic N) is 2. The number of anilines is 2. The van der Waals surface area contributed by atoms with E-state index in [1.807, 2.05) is 20.8 Å². The van der Waals surface area contributed by atoms with Gasteiger partial charge < -0.3 is 10.1 Å². The highest BCUT2D eigenvalue weighted by Gasteiger charge is 2.28. The van der Waals surface area contributed by atoms with Crippen molar-refractivity contribution in [2.45, 2.75) is 26.4 Å². The third-order valence-corrected chi connectivity index (χ3v) is 2.82. The molecule has 88 valence electrons. The molecule has 0 aliphatic carbocycles. The van der Waals surface area contributed by atoms with Crippen LogP contribution in [-0.2, 0) is 4.74 Å². The zero-order valence-corrected chi connectivity index (χ0v) is 10.4. The Hall–Kier alpha value is -1.30. The average molecular weight is 241 g/mol. The van der Waals surface area contributed by atoms with Gasteiger partial charge in [-0.25, -0.2) is 4.79 Å². The van der Waals surface area contributed by atoms with E-state index in [1.165, 1.54) is 11.5 Å². The standard InChI is InChI=1S/C10H15N3O2S/c1-10(2,3)15-9(14)13-5-4-11-8-7(13)6-12-16-8/h6,11H,4-5H2,1-3H3. The van der Waals surface area contributed by atoms with Crippen LogP contribution in [0.15, 0.2) is 6.20 Å². The molecule has 5 nitrogen and oxygen atoms in total. The summed E-state index contributed by atoms with van der Waals surface area (Å²) < 4.78 is 9.40. The molecule has 0 unspecified atom stereocenters. The Kier molecular flexibility index (Phi) is 2.75. The Morgan fingerprint density at radius 2 is 2.38 bits per heavy atom. The molecule has 6 heteroatoms. The van der Waals surface area contributed by atoms with Gasteiger partial charge in [-0.15, -0.1) is 0 Å². The van der Waals surface area contributed by atoms with Gasteiger partial charge >= 0.3 is 6.09 Å². The van der Waals surface area contributed by atoms with Crippen molar-refractivity contribution in [2.75, 3.05) is 23.3 Å². The smallest absolute Gasteiger partial charge is 0.415 e. The monoisotopic (exact) mass is 241 g/mol. The molecule has 0 fully saturated rings. The lowest BCUT2D eigenvalue weighted by molar-refractivity contribution is 0.0581. The van der Waals surface area contributed by atoms with Gasteiger partial charge in [0.1, 0.15) is 16.3 Å². The quantitative estimate of drug-likeness (QED) is 0.757. The second-order valence-corrected chi connectivity index (χ2v) is 5.40. The molecule has 0 spiro atoms.